The molecule has 0 radical (unpaired) electrons. The van der Waals surface area contributed by atoms with Crippen LogP contribution in [-0.2, 0) is 22.4 Å². The van der Waals surface area contributed by atoms with E-state index in [2.05, 4.69) is 15.6 Å². The number of nitrogens with one attached hydrogen (secondary N) is 2. The Morgan fingerprint density at radius 2 is 1.92 bits per heavy atom. The van der Waals surface area contributed by atoms with Crippen molar-refractivity contribution in [2.24, 2.45) is 0 Å². The minimum absolute atomic E-state index is 0.0695. The van der Waals surface area contributed by atoms with Crippen LogP contribution in [0.25, 0.3) is 0 Å². The molecule has 25 heavy (non-hydrogen) atoms. The number of carboxylic acid groups (broad SMARTS) is 1. The van der Waals surface area contributed by atoms with Crippen molar-refractivity contribution < 1.29 is 19.5 Å². The maximum absolute atomic E-state index is 12.0. The predicted octanol–water partition coefficient (Wildman–Crippen LogP) is 2.09. The van der Waals surface area contributed by atoms with Crippen LogP contribution in [0.5, 0.6) is 0 Å². The van der Waals surface area contributed by atoms with Gasteiger partial charge in [-0.05, 0) is 30.7 Å². The largest absolute Gasteiger partial charge is 0.481 e. The smallest absolute Gasteiger partial charge is 0.305 e. The number of aryl methyl sites for hydroxylation is 1. The van der Waals surface area contributed by atoms with Crippen molar-refractivity contribution in [1.82, 2.24) is 10.3 Å². The normalized spacial score (nSPS) is 10.3. The first-order valence-electron chi connectivity index (χ1n) is 7.81. The molecule has 1 aromatic heterocycles. The summed E-state index contributed by atoms with van der Waals surface area (Å²) in [4.78, 5) is 38.6. The number of thiazole rings is 1. The monoisotopic (exact) mass is 361 g/mol. The average molecular weight is 361 g/mol. The number of amides is 2. The second kappa shape index (κ2) is 8.93. The van der Waals surface area contributed by atoms with Gasteiger partial charge in [0, 0.05) is 23.2 Å². The molecule has 2 aromatic rings. The zero-order valence-corrected chi connectivity index (χ0v) is 14.6. The van der Waals surface area contributed by atoms with Crippen LogP contribution in [0.1, 0.15) is 34.4 Å². The zero-order valence-electron chi connectivity index (χ0n) is 13.7. The molecule has 0 spiro atoms. The SMILES string of the molecule is CCc1nc(CC(=O)Nc2ccc(C(=O)NCCC(=O)O)cc2)cs1. The summed E-state index contributed by atoms with van der Waals surface area (Å²) in [5.74, 6) is -1.50. The molecule has 0 fully saturated rings. The fraction of sp³-hybridized carbons (Fsp3) is 0.294. The number of carbonyl (C=O) groups is 3. The third-order valence-corrected chi connectivity index (χ3v) is 4.34. The van der Waals surface area contributed by atoms with E-state index in [1.807, 2.05) is 12.3 Å². The van der Waals surface area contributed by atoms with E-state index in [1.54, 1.807) is 24.3 Å². The molecule has 2 amide bonds. The van der Waals surface area contributed by atoms with E-state index < -0.39 is 5.97 Å². The van der Waals surface area contributed by atoms with Crippen LogP contribution in [-0.4, -0.2) is 34.4 Å². The highest BCUT2D eigenvalue weighted by Crippen LogP contribution is 2.13. The number of hydrogen-bond acceptors (Lipinski definition) is 5. The summed E-state index contributed by atoms with van der Waals surface area (Å²) >= 11 is 1.54. The Labute approximate surface area is 149 Å². The van der Waals surface area contributed by atoms with E-state index in [4.69, 9.17) is 5.11 Å². The van der Waals surface area contributed by atoms with Gasteiger partial charge in [0.1, 0.15) is 0 Å². The number of rotatable bonds is 8. The Bertz CT molecular complexity index is 756. The van der Waals surface area contributed by atoms with Crippen molar-refractivity contribution in [2.75, 3.05) is 11.9 Å². The van der Waals surface area contributed by atoms with E-state index in [-0.39, 0.29) is 31.2 Å². The number of benzene rings is 1. The Hall–Kier alpha value is -2.74. The molecular weight excluding hydrogens is 342 g/mol. The molecule has 3 N–H and O–H groups in total. The number of aliphatic carboxylic acids is 1. The summed E-state index contributed by atoms with van der Waals surface area (Å²) in [5.41, 5.74) is 1.72. The van der Waals surface area contributed by atoms with Gasteiger partial charge in [-0.15, -0.1) is 11.3 Å². The summed E-state index contributed by atoms with van der Waals surface area (Å²) in [6, 6.07) is 6.40. The fourth-order valence-electron chi connectivity index (χ4n) is 2.05. The standard InChI is InChI=1S/C17H19N3O4S/c1-2-15-20-13(10-25-15)9-14(21)19-12-5-3-11(4-6-12)17(24)18-8-7-16(22)23/h3-6,10H,2,7-9H2,1H3,(H,18,24)(H,19,21)(H,22,23). The lowest BCUT2D eigenvalue weighted by molar-refractivity contribution is -0.136. The minimum Gasteiger partial charge on any atom is -0.481 e. The molecule has 7 nitrogen and oxygen atoms in total. The first kappa shape index (κ1) is 18.6. The van der Waals surface area contributed by atoms with E-state index >= 15 is 0 Å². The molecule has 0 aliphatic heterocycles. The molecule has 0 saturated carbocycles. The van der Waals surface area contributed by atoms with Gasteiger partial charge in [-0.1, -0.05) is 6.92 Å². The molecule has 0 bridgehead atoms. The quantitative estimate of drug-likeness (QED) is 0.667. The lowest BCUT2D eigenvalue weighted by Gasteiger charge is -2.06. The van der Waals surface area contributed by atoms with Crippen molar-refractivity contribution in [3.63, 3.8) is 0 Å². The molecule has 132 valence electrons. The molecule has 2 rings (SSSR count). The highest BCUT2D eigenvalue weighted by atomic mass is 32.1. The van der Waals surface area contributed by atoms with Crippen molar-refractivity contribution in [2.45, 2.75) is 26.2 Å². The van der Waals surface area contributed by atoms with Crippen LogP contribution in [0.2, 0.25) is 0 Å². The molecule has 1 heterocycles. The molecule has 0 saturated heterocycles. The summed E-state index contributed by atoms with van der Waals surface area (Å²) in [6.07, 6.45) is 0.923. The Balaban J connectivity index is 1.85. The number of carbonyl (C=O) groups excluding carboxylic acids is 2. The van der Waals surface area contributed by atoms with E-state index in [0.29, 0.717) is 11.3 Å². The van der Waals surface area contributed by atoms with Crippen LogP contribution in [0.3, 0.4) is 0 Å². The van der Waals surface area contributed by atoms with Gasteiger partial charge in [0.25, 0.3) is 5.91 Å². The van der Waals surface area contributed by atoms with Crippen molar-refractivity contribution in [3.8, 4) is 0 Å². The minimum atomic E-state index is -0.968. The van der Waals surface area contributed by atoms with Crippen LogP contribution in [0, 0.1) is 0 Å². The maximum Gasteiger partial charge on any atom is 0.305 e. The molecule has 1 aromatic carbocycles. The van der Waals surface area contributed by atoms with Gasteiger partial charge in [0.2, 0.25) is 5.91 Å². The van der Waals surface area contributed by atoms with Crippen molar-refractivity contribution in [1.29, 1.82) is 0 Å². The molecule has 0 aliphatic carbocycles. The van der Waals surface area contributed by atoms with Gasteiger partial charge < -0.3 is 15.7 Å². The van der Waals surface area contributed by atoms with Crippen LogP contribution < -0.4 is 10.6 Å². The summed E-state index contributed by atoms with van der Waals surface area (Å²) < 4.78 is 0. The number of aromatic nitrogens is 1. The van der Waals surface area contributed by atoms with Crippen molar-refractivity contribution in [3.05, 3.63) is 45.9 Å². The highest BCUT2D eigenvalue weighted by Gasteiger charge is 2.09. The molecule has 0 aliphatic rings. The Morgan fingerprint density at radius 1 is 1.20 bits per heavy atom. The third-order valence-electron chi connectivity index (χ3n) is 3.30. The topological polar surface area (TPSA) is 108 Å². The van der Waals surface area contributed by atoms with Gasteiger partial charge in [0.05, 0.1) is 23.5 Å². The molecular formula is C17H19N3O4S. The van der Waals surface area contributed by atoms with E-state index in [0.717, 1.165) is 17.1 Å². The van der Waals surface area contributed by atoms with Crippen LogP contribution in [0.4, 0.5) is 5.69 Å². The zero-order chi connectivity index (χ0) is 18.2. The first-order valence-corrected chi connectivity index (χ1v) is 8.69. The number of anilines is 1. The summed E-state index contributed by atoms with van der Waals surface area (Å²) in [7, 11) is 0. The summed E-state index contributed by atoms with van der Waals surface area (Å²) in [6.45, 7) is 2.09. The van der Waals surface area contributed by atoms with Crippen LogP contribution >= 0.6 is 11.3 Å². The number of nitrogens with zero attached hydrogens (tertiary/aromatic N) is 1. The average Bonchev–Trinajstić information content (AvgIpc) is 3.02. The second-order valence-electron chi connectivity index (χ2n) is 5.29. The highest BCUT2D eigenvalue weighted by molar-refractivity contribution is 7.09. The number of carboxylic acids is 1. The third kappa shape index (κ3) is 6.00. The number of hydrogen-bond donors (Lipinski definition) is 3. The molecule has 0 atom stereocenters. The maximum atomic E-state index is 12.0. The predicted molar refractivity (Wildman–Crippen MR) is 94.9 cm³/mol. The summed E-state index contributed by atoms with van der Waals surface area (Å²) in [5, 5.41) is 16.7. The first-order chi connectivity index (χ1) is 12.0. The van der Waals surface area contributed by atoms with Gasteiger partial charge in [-0.25, -0.2) is 4.98 Å². The second-order valence-corrected chi connectivity index (χ2v) is 6.23. The van der Waals surface area contributed by atoms with Gasteiger partial charge in [-0.2, -0.15) is 0 Å². The lowest BCUT2D eigenvalue weighted by atomic mass is 10.2. The Morgan fingerprint density at radius 3 is 2.52 bits per heavy atom. The van der Waals surface area contributed by atoms with E-state index in [1.165, 1.54) is 11.3 Å². The van der Waals surface area contributed by atoms with Crippen molar-refractivity contribution >= 4 is 34.8 Å². The van der Waals surface area contributed by atoms with E-state index in [9.17, 15) is 14.4 Å². The van der Waals surface area contributed by atoms with Gasteiger partial charge >= 0.3 is 5.97 Å². The van der Waals surface area contributed by atoms with Gasteiger partial charge in [0.15, 0.2) is 0 Å². The molecule has 0 unspecified atom stereocenters. The van der Waals surface area contributed by atoms with Crippen LogP contribution in [0.15, 0.2) is 29.6 Å². The Kier molecular flexibility index (Phi) is 6.64. The van der Waals surface area contributed by atoms with Gasteiger partial charge in [-0.3, -0.25) is 14.4 Å². The lowest BCUT2D eigenvalue weighted by Crippen LogP contribution is -2.26. The molecule has 8 heteroatoms. The fourth-order valence-corrected chi connectivity index (χ4v) is 2.80.